The predicted octanol–water partition coefficient (Wildman–Crippen LogP) is 7.04. The van der Waals surface area contributed by atoms with Crippen LogP contribution >= 0.6 is 0 Å². The van der Waals surface area contributed by atoms with E-state index in [1.54, 1.807) is 39.8 Å². The Bertz CT molecular complexity index is 3150. The quantitative estimate of drug-likeness (QED) is 0.139. The van der Waals surface area contributed by atoms with Crippen molar-refractivity contribution in [3.63, 3.8) is 0 Å². The van der Waals surface area contributed by atoms with Gasteiger partial charge < -0.3 is 59.9 Å². The summed E-state index contributed by atoms with van der Waals surface area (Å²) in [7, 11) is 6.50. The summed E-state index contributed by atoms with van der Waals surface area (Å²) in [6, 6.07) is -10.9. The van der Waals surface area contributed by atoms with Gasteiger partial charge in [-0.15, -0.1) is 0 Å². The molecule has 3 saturated heterocycles. The number of rotatable bonds is 11. The first-order valence-electron chi connectivity index (χ1n) is 37.4. The average Bonchev–Trinajstić information content (AvgIpc) is 1.42. The van der Waals surface area contributed by atoms with E-state index in [-0.39, 0.29) is 83.9 Å². The molecule has 3 N–H and O–H groups in total. The molecule has 0 aromatic rings. The van der Waals surface area contributed by atoms with Gasteiger partial charge in [0.25, 0.3) is 5.92 Å². The number of carbonyl (C=O) groups excluding carboxylic acids is 11. The zero-order valence-electron chi connectivity index (χ0n) is 61.7. The standard InChI is InChI=1S/C72H107F10N11O12/c1-10-41(4)59-66(102)87(6)38-57(96)89(8)52-22-14-13-17-29-92(65(52)101)54(33-42-23-26-45(27-24-42)71(77,78)79)64(100)86(5)37-55(94)83-50(28-25-43-31-48(73)58(49(74)32-43)72(80,81)82)63(99)93-36-47(105-12-3)35-53(93)62(98)85-69(39-70(75,76)40-69)68(104)90(9)60(44-19-15-16-20-44)67(103)91-30-18-21-46(91)34-56(95)88(7)51(11-2)61(97)84-59/h13-14,41-54,58-60H,10-12,15-40H2,1-9H3,(H,83,94)(H,84,97)(H,85,98)/b14-13-/t41-,42?,43?,45?,46+,47+,48?,49?,50-,51-,52-,53-,54-,58?,59-,60-/m0/s1. The summed E-state index contributed by atoms with van der Waals surface area (Å²) in [6.45, 7) is 4.72. The Morgan fingerprint density at radius 1 is 0.610 bits per heavy atom. The molecule has 11 amide bonds. The van der Waals surface area contributed by atoms with Gasteiger partial charge in [0.05, 0.1) is 25.1 Å². The fourth-order valence-electron chi connectivity index (χ4n) is 17.4. The first kappa shape index (κ1) is 83.8. The first-order chi connectivity index (χ1) is 49.3. The second-order valence-corrected chi connectivity index (χ2v) is 30.9. The first-order valence-corrected chi connectivity index (χ1v) is 37.4. The molecule has 0 radical (unpaired) electrons. The third-order valence-corrected chi connectivity index (χ3v) is 23.7. The van der Waals surface area contributed by atoms with Gasteiger partial charge in [-0.25, -0.2) is 17.6 Å². The van der Waals surface area contributed by atoms with Gasteiger partial charge in [-0.05, 0) is 133 Å². The van der Waals surface area contributed by atoms with Crippen LogP contribution < -0.4 is 16.0 Å². The van der Waals surface area contributed by atoms with Crippen molar-refractivity contribution < 1.29 is 101 Å². The number of carbonyl (C=O) groups is 11. The number of amides is 11. The predicted molar refractivity (Wildman–Crippen MR) is 362 cm³/mol. The van der Waals surface area contributed by atoms with E-state index in [4.69, 9.17) is 4.74 Å². The summed E-state index contributed by atoms with van der Waals surface area (Å²) in [6.07, 6.45) is -16.0. The third kappa shape index (κ3) is 19.7. The van der Waals surface area contributed by atoms with Gasteiger partial charge in [0.1, 0.15) is 66.1 Å². The molecule has 0 aromatic heterocycles. The molecule has 4 aliphatic carbocycles. The molecule has 1 spiro atoms. The molecule has 2 unspecified atom stereocenters. The second kappa shape index (κ2) is 35.0. The van der Waals surface area contributed by atoms with E-state index >= 15 is 46.3 Å². The maximum atomic E-state index is 15.7. The molecule has 4 saturated carbocycles. The van der Waals surface area contributed by atoms with E-state index in [1.165, 1.54) is 49.9 Å². The largest absolute Gasteiger partial charge is 0.397 e. The summed E-state index contributed by atoms with van der Waals surface area (Å²) >= 11 is 0. The number of nitrogens with zero attached hydrogens (tertiary/aromatic N) is 8. The molecule has 8 aliphatic rings. The molecule has 23 nitrogen and oxygen atoms in total. The highest BCUT2D eigenvalue weighted by molar-refractivity contribution is 6.00. The highest BCUT2D eigenvalue weighted by Crippen LogP contribution is 2.49. The van der Waals surface area contributed by atoms with E-state index in [2.05, 4.69) is 16.0 Å². The molecule has 33 heteroatoms. The van der Waals surface area contributed by atoms with Crippen LogP contribution in [0.15, 0.2) is 12.2 Å². The van der Waals surface area contributed by atoms with Crippen molar-refractivity contribution in [3.8, 4) is 0 Å². The third-order valence-electron chi connectivity index (χ3n) is 23.7. The number of halogens is 10. The van der Waals surface area contributed by atoms with Gasteiger partial charge in [0.15, 0.2) is 0 Å². The van der Waals surface area contributed by atoms with Crippen LogP contribution in [0, 0.1) is 35.5 Å². The van der Waals surface area contributed by atoms with Crippen LogP contribution in [-0.2, 0) is 57.5 Å². The zero-order valence-corrected chi connectivity index (χ0v) is 61.7. The lowest BCUT2D eigenvalue weighted by atomic mass is 9.71. The molecule has 105 heavy (non-hydrogen) atoms. The van der Waals surface area contributed by atoms with Gasteiger partial charge in [-0.2, -0.15) is 26.3 Å². The lowest BCUT2D eigenvalue weighted by molar-refractivity contribution is -0.219. The van der Waals surface area contributed by atoms with Crippen molar-refractivity contribution in [1.29, 1.82) is 0 Å². The number of fused-ring (bicyclic) bond motifs is 4. The highest BCUT2D eigenvalue weighted by Gasteiger charge is 2.65. The minimum absolute atomic E-state index is 0.00974. The van der Waals surface area contributed by atoms with Crippen molar-refractivity contribution >= 4 is 65.0 Å². The van der Waals surface area contributed by atoms with E-state index in [0.29, 0.717) is 44.9 Å². The van der Waals surface area contributed by atoms with Crippen molar-refractivity contribution in [2.24, 2.45) is 35.5 Å². The Morgan fingerprint density at radius 3 is 1.84 bits per heavy atom. The van der Waals surface area contributed by atoms with Crippen molar-refractivity contribution in [3.05, 3.63) is 12.2 Å². The zero-order chi connectivity index (χ0) is 77.5. The van der Waals surface area contributed by atoms with E-state index in [0.717, 1.165) is 24.5 Å². The lowest BCUT2D eigenvalue weighted by Gasteiger charge is -2.49. The highest BCUT2D eigenvalue weighted by atomic mass is 19.4. The summed E-state index contributed by atoms with van der Waals surface area (Å²) in [5, 5.41) is 7.92. The van der Waals surface area contributed by atoms with Crippen molar-refractivity contribution in [1.82, 2.24) is 55.1 Å². The van der Waals surface area contributed by atoms with Crippen LogP contribution in [0.4, 0.5) is 43.9 Å². The maximum Gasteiger partial charge on any atom is 0.397 e. The Hall–Kier alpha value is -6.83. The Kier molecular flexibility index (Phi) is 28.0. The summed E-state index contributed by atoms with van der Waals surface area (Å²) < 4.78 is 152. The molecule has 7 fully saturated rings. The van der Waals surface area contributed by atoms with Gasteiger partial charge in [0, 0.05) is 93.2 Å². The topological polar surface area (TPSA) is 259 Å². The fourth-order valence-corrected chi connectivity index (χ4v) is 17.4. The number of likely N-dealkylation sites (N-methyl/N-ethyl adjacent to an activating group) is 5. The molecule has 12 atom stereocenters. The monoisotopic (exact) mass is 1510 g/mol. The molecular formula is C72H107F10N11O12. The van der Waals surface area contributed by atoms with E-state index < -0.39 is 249 Å². The van der Waals surface area contributed by atoms with Crippen LogP contribution in [0.5, 0.6) is 0 Å². The van der Waals surface area contributed by atoms with Crippen molar-refractivity contribution in [2.75, 3.05) is 74.6 Å². The van der Waals surface area contributed by atoms with Crippen LogP contribution in [-0.4, -0.2) is 269 Å². The van der Waals surface area contributed by atoms with Gasteiger partial charge in [-0.3, -0.25) is 52.7 Å². The lowest BCUT2D eigenvalue weighted by Crippen LogP contribution is -2.72. The second-order valence-electron chi connectivity index (χ2n) is 30.9. The minimum Gasteiger partial charge on any atom is -0.377 e. The van der Waals surface area contributed by atoms with Crippen LogP contribution in [0.1, 0.15) is 175 Å². The Morgan fingerprint density at radius 2 is 1.25 bits per heavy atom. The minimum atomic E-state index is -5.24. The maximum absolute atomic E-state index is 15.7. The van der Waals surface area contributed by atoms with Gasteiger partial charge in [-0.1, -0.05) is 52.2 Å². The van der Waals surface area contributed by atoms with Crippen LogP contribution in [0.3, 0.4) is 0 Å². The molecule has 2 bridgehead atoms. The Balaban J connectivity index is 1.18. The molecule has 592 valence electrons. The van der Waals surface area contributed by atoms with Gasteiger partial charge in [0.2, 0.25) is 65.0 Å². The average molecular weight is 1510 g/mol. The molecular weight excluding hydrogens is 1400 g/mol. The number of alkyl halides is 10. The number of nitrogens with one attached hydrogen (secondary N) is 3. The van der Waals surface area contributed by atoms with Crippen LogP contribution in [0.2, 0.25) is 0 Å². The normalized spacial score (nSPS) is 33.6. The number of hydrogen-bond donors (Lipinski definition) is 3. The van der Waals surface area contributed by atoms with Crippen LogP contribution in [0.25, 0.3) is 0 Å². The smallest absolute Gasteiger partial charge is 0.377 e. The SMILES string of the molecule is CCO[C@@H]1C[C@H]2C(=O)NC3(CC(F)(F)C3)C(=O)N(C)[C@@H](C3CCCC3)C(=O)N3CCC[C@@H]3CC(=O)N(C)[C@@H](CC)C(=O)N[C@@H]([C@@H](C)CC)C(=O)N(C)CC(=O)N(C)[C@H]3C/C=C\CCN(C3=O)[C@@H](CC3CCC(C(F)(F)F)CC3)C(=O)N(C)CC(=O)N[C@@H](CCC3CC(F)C(C(F)(F)F)C(F)C3)C(=O)N2C1. The summed E-state index contributed by atoms with van der Waals surface area (Å²) in [5.74, 6) is -20.3. The molecule has 8 rings (SSSR count). The molecule has 0 aromatic carbocycles. The number of ether oxygens (including phenoxy) is 1. The Labute approximate surface area is 607 Å². The molecule has 4 aliphatic heterocycles. The summed E-state index contributed by atoms with van der Waals surface area (Å²) in [4.78, 5) is 174. The van der Waals surface area contributed by atoms with E-state index in [9.17, 15) is 50.3 Å². The van der Waals surface area contributed by atoms with Gasteiger partial charge >= 0.3 is 12.4 Å². The van der Waals surface area contributed by atoms with E-state index in [1.807, 2.05) is 0 Å². The summed E-state index contributed by atoms with van der Waals surface area (Å²) in [5.41, 5.74) is -2.40. The molecule has 4 heterocycles. The fraction of sp³-hybridized carbons (Fsp3) is 0.819. The van der Waals surface area contributed by atoms with Crippen molar-refractivity contribution in [2.45, 2.75) is 266 Å². The number of hydrogen-bond acceptors (Lipinski definition) is 12.